The van der Waals surface area contributed by atoms with Gasteiger partial charge in [0.1, 0.15) is 11.4 Å². The molecule has 2 N–H and O–H groups in total. The fraction of sp³-hybridized carbons (Fsp3) is 0.115. The van der Waals surface area contributed by atoms with Crippen LogP contribution in [-0.4, -0.2) is 21.4 Å². The summed E-state index contributed by atoms with van der Waals surface area (Å²) < 4.78 is 15.6. The number of nitrogens with zero attached hydrogens (tertiary/aromatic N) is 1. The molecule has 0 radical (unpaired) electrons. The summed E-state index contributed by atoms with van der Waals surface area (Å²) in [6.45, 7) is 0.0397. The Kier molecular flexibility index (Phi) is 6.75. The SMILES string of the molecule is O=C(Cc1ccccc1)NCc1cc(C(=O)O)c(=O)n2cc(Cc3cccc(Cl)c3F)ccc12. The van der Waals surface area contributed by atoms with Crippen LogP contribution in [0.15, 0.2) is 77.7 Å². The molecular formula is C26H20ClFN2O4. The van der Waals surface area contributed by atoms with E-state index in [9.17, 15) is 23.9 Å². The molecule has 0 unspecified atom stereocenters. The first kappa shape index (κ1) is 23.2. The van der Waals surface area contributed by atoms with E-state index in [2.05, 4.69) is 5.32 Å². The number of carboxylic acid groups (broad SMARTS) is 1. The third kappa shape index (κ3) is 5.00. The average molecular weight is 479 g/mol. The molecular weight excluding hydrogens is 459 g/mol. The summed E-state index contributed by atoms with van der Waals surface area (Å²) in [6, 6.07) is 18.5. The molecule has 0 atom stereocenters. The van der Waals surface area contributed by atoms with Gasteiger partial charge in [0.25, 0.3) is 5.56 Å². The van der Waals surface area contributed by atoms with Crippen LogP contribution in [0.1, 0.15) is 32.6 Å². The highest BCUT2D eigenvalue weighted by Crippen LogP contribution is 2.21. The van der Waals surface area contributed by atoms with Crippen molar-refractivity contribution in [3.63, 3.8) is 0 Å². The summed E-state index contributed by atoms with van der Waals surface area (Å²) in [4.78, 5) is 36.9. The molecule has 0 aliphatic heterocycles. The first-order valence-electron chi connectivity index (χ1n) is 10.5. The van der Waals surface area contributed by atoms with Crippen molar-refractivity contribution < 1.29 is 19.1 Å². The maximum Gasteiger partial charge on any atom is 0.341 e. The van der Waals surface area contributed by atoms with Crippen LogP contribution in [0.4, 0.5) is 4.39 Å². The maximum atomic E-state index is 14.3. The Bertz CT molecular complexity index is 1450. The number of hydrogen-bond donors (Lipinski definition) is 2. The fourth-order valence-electron chi connectivity index (χ4n) is 3.76. The van der Waals surface area contributed by atoms with Crippen molar-refractivity contribution in [3.05, 3.63) is 122 Å². The van der Waals surface area contributed by atoms with Gasteiger partial charge in [-0.2, -0.15) is 0 Å². The number of benzene rings is 2. The number of hydrogen-bond acceptors (Lipinski definition) is 3. The lowest BCUT2D eigenvalue weighted by molar-refractivity contribution is -0.120. The Labute approximate surface area is 199 Å². The molecule has 0 saturated carbocycles. The van der Waals surface area contributed by atoms with Crippen LogP contribution in [0.3, 0.4) is 0 Å². The van der Waals surface area contributed by atoms with Crippen LogP contribution < -0.4 is 10.9 Å². The molecule has 0 bridgehead atoms. The van der Waals surface area contributed by atoms with E-state index in [1.807, 2.05) is 30.3 Å². The molecule has 4 rings (SSSR count). The number of carbonyl (C=O) groups excluding carboxylic acids is 1. The zero-order chi connectivity index (χ0) is 24.2. The van der Waals surface area contributed by atoms with Crippen molar-refractivity contribution >= 4 is 29.0 Å². The lowest BCUT2D eigenvalue weighted by atomic mass is 10.0. The van der Waals surface area contributed by atoms with E-state index in [1.54, 1.807) is 24.3 Å². The third-order valence-electron chi connectivity index (χ3n) is 5.45. The van der Waals surface area contributed by atoms with Crippen LogP contribution in [-0.2, 0) is 24.2 Å². The van der Waals surface area contributed by atoms with E-state index in [1.165, 1.54) is 22.7 Å². The quantitative estimate of drug-likeness (QED) is 0.416. The van der Waals surface area contributed by atoms with E-state index in [0.29, 0.717) is 22.2 Å². The molecule has 34 heavy (non-hydrogen) atoms. The Morgan fingerprint density at radius 1 is 0.971 bits per heavy atom. The van der Waals surface area contributed by atoms with Crippen molar-refractivity contribution in [1.29, 1.82) is 0 Å². The van der Waals surface area contributed by atoms with Crippen LogP contribution in [0.5, 0.6) is 0 Å². The van der Waals surface area contributed by atoms with E-state index in [0.717, 1.165) is 5.56 Å². The van der Waals surface area contributed by atoms with Crippen LogP contribution in [0, 0.1) is 5.82 Å². The van der Waals surface area contributed by atoms with Gasteiger partial charge < -0.3 is 10.4 Å². The number of rotatable bonds is 7. The Hall–Kier alpha value is -3.97. The third-order valence-corrected chi connectivity index (χ3v) is 5.74. The lowest BCUT2D eigenvalue weighted by Gasteiger charge is -2.13. The molecule has 2 heterocycles. The van der Waals surface area contributed by atoms with Gasteiger partial charge in [-0.15, -0.1) is 0 Å². The number of carboxylic acids is 1. The molecule has 1 amide bonds. The highest BCUT2D eigenvalue weighted by molar-refractivity contribution is 6.30. The van der Waals surface area contributed by atoms with Gasteiger partial charge in [-0.3, -0.25) is 14.0 Å². The maximum absolute atomic E-state index is 14.3. The second kappa shape index (κ2) is 9.89. The molecule has 0 aliphatic rings. The van der Waals surface area contributed by atoms with Gasteiger partial charge in [0.15, 0.2) is 0 Å². The largest absolute Gasteiger partial charge is 0.477 e. The number of nitrogens with one attached hydrogen (secondary N) is 1. The summed E-state index contributed by atoms with van der Waals surface area (Å²) in [5, 5.41) is 12.3. The van der Waals surface area contributed by atoms with Crippen LogP contribution in [0.25, 0.3) is 5.52 Å². The van der Waals surface area contributed by atoms with Crippen molar-refractivity contribution in [2.45, 2.75) is 19.4 Å². The summed E-state index contributed by atoms with van der Waals surface area (Å²) >= 11 is 5.86. The van der Waals surface area contributed by atoms with Crippen molar-refractivity contribution in [2.75, 3.05) is 0 Å². The molecule has 0 aliphatic carbocycles. The minimum absolute atomic E-state index is 0.00264. The first-order chi connectivity index (χ1) is 16.3. The molecule has 172 valence electrons. The average Bonchev–Trinajstić information content (AvgIpc) is 2.82. The van der Waals surface area contributed by atoms with Crippen molar-refractivity contribution in [1.82, 2.24) is 9.72 Å². The normalized spacial score (nSPS) is 10.9. The Morgan fingerprint density at radius 2 is 1.74 bits per heavy atom. The summed E-state index contributed by atoms with van der Waals surface area (Å²) in [7, 11) is 0. The number of fused-ring (bicyclic) bond motifs is 1. The smallest absolute Gasteiger partial charge is 0.341 e. The summed E-state index contributed by atoms with van der Waals surface area (Å²) in [6.07, 6.45) is 1.82. The Balaban J connectivity index is 1.66. The van der Waals surface area contributed by atoms with E-state index in [4.69, 9.17) is 11.6 Å². The van der Waals surface area contributed by atoms with Crippen molar-refractivity contribution in [3.8, 4) is 0 Å². The Morgan fingerprint density at radius 3 is 2.47 bits per heavy atom. The molecule has 8 heteroatoms. The molecule has 2 aromatic carbocycles. The highest BCUT2D eigenvalue weighted by atomic mass is 35.5. The standard InChI is InChI=1S/C26H20ClFN2O4/c27-21-8-4-7-18(24(21)28)11-17-9-10-22-19(13-20(26(33)34)25(32)30(22)15-17)14-29-23(31)12-16-5-2-1-3-6-16/h1-10,13,15H,11-12,14H2,(H,29,31)(H,33,34). The summed E-state index contributed by atoms with van der Waals surface area (Å²) in [5.41, 5.74) is 1.58. The van der Waals surface area contributed by atoms with Crippen LogP contribution >= 0.6 is 11.6 Å². The number of aromatic carboxylic acids is 1. The van der Waals surface area contributed by atoms with Gasteiger partial charge >= 0.3 is 5.97 Å². The van der Waals surface area contributed by atoms with Gasteiger partial charge in [-0.25, -0.2) is 9.18 Å². The van der Waals surface area contributed by atoms with Gasteiger partial charge in [0.05, 0.1) is 17.0 Å². The number of amides is 1. The van der Waals surface area contributed by atoms with E-state index < -0.39 is 22.9 Å². The second-order valence-electron chi connectivity index (χ2n) is 7.81. The molecule has 6 nitrogen and oxygen atoms in total. The first-order valence-corrected chi connectivity index (χ1v) is 10.9. The van der Waals surface area contributed by atoms with Crippen molar-refractivity contribution in [2.24, 2.45) is 0 Å². The zero-order valence-corrected chi connectivity index (χ0v) is 18.7. The molecule has 0 spiro atoms. The minimum atomic E-state index is -1.37. The summed E-state index contributed by atoms with van der Waals surface area (Å²) in [5.74, 6) is -2.15. The van der Waals surface area contributed by atoms with Gasteiger partial charge in [-0.05, 0) is 40.5 Å². The minimum Gasteiger partial charge on any atom is -0.477 e. The van der Waals surface area contributed by atoms with Gasteiger partial charge in [0.2, 0.25) is 5.91 Å². The number of halogens is 2. The number of aromatic nitrogens is 1. The monoisotopic (exact) mass is 478 g/mol. The fourth-order valence-corrected chi connectivity index (χ4v) is 3.95. The van der Waals surface area contributed by atoms with E-state index in [-0.39, 0.29) is 30.3 Å². The molecule has 0 saturated heterocycles. The number of pyridine rings is 2. The predicted molar refractivity (Wildman–Crippen MR) is 127 cm³/mol. The van der Waals surface area contributed by atoms with Gasteiger partial charge in [0, 0.05) is 19.2 Å². The predicted octanol–water partition coefficient (Wildman–Crippen LogP) is 4.24. The van der Waals surface area contributed by atoms with Gasteiger partial charge in [-0.1, -0.05) is 60.1 Å². The van der Waals surface area contributed by atoms with E-state index >= 15 is 0 Å². The number of carbonyl (C=O) groups is 2. The molecule has 4 aromatic rings. The second-order valence-corrected chi connectivity index (χ2v) is 8.22. The topological polar surface area (TPSA) is 87.9 Å². The lowest BCUT2D eigenvalue weighted by Crippen LogP contribution is -2.28. The zero-order valence-electron chi connectivity index (χ0n) is 17.9. The molecule has 0 fully saturated rings. The molecule has 2 aromatic heterocycles. The highest BCUT2D eigenvalue weighted by Gasteiger charge is 2.16. The van der Waals surface area contributed by atoms with Crippen LogP contribution in [0.2, 0.25) is 5.02 Å².